The van der Waals surface area contributed by atoms with Crippen LogP contribution in [0, 0.1) is 24.6 Å². The minimum atomic E-state index is -0.966. The number of nitrogens with zero attached hydrogens (tertiary/aromatic N) is 4. The van der Waals surface area contributed by atoms with E-state index in [9.17, 15) is 19.2 Å². The van der Waals surface area contributed by atoms with Crippen LogP contribution in [0.4, 0.5) is 14.9 Å². The maximum Gasteiger partial charge on any atom is 0.407 e. The molecule has 0 unspecified atom stereocenters. The summed E-state index contributed by atoms with van der Waals surface area (Å²) in [6, 6.07) is 17.4. The molecule has 3 aromatic carbocycles. The Morgan fingerprint density at radius 3 is 2.23 bits per heavy atom. The van der Waals surface area contributed by atoms with Crippen LogP contribution in [-0.2, 0) is 20.7 Å². The van der Waals surface area contributed by atoms with Crippen molar-refractivity contribution in [3.8, 4) is 22.5 Å². The van der Waals surface area contributed by atoms with Crippen molar-refractivity contribution in [1.82, 2.24) is 41.5 Å². The van der Waals surface area contributed by atoms with Gasteiger partial charge in [0.15, 0.2) is 0 Å². The van der Waals surface area contributed by atoms with Gasteiger partial charge >= 0.3 is 6.09 Å². The normalized spacial score (nSPS) is 18.1. The fraction of sp³-hybridized carbons (Fsp3) is 0.489. The molecule has 1 saturated heterocycles. The largest absolute Gasteiger partial charge is 0.444 e. The summed E-state index contributed by atoms with van der Waals surface area (Å²) >= 11 is 0. The van der Waals surface area contributed by atoms with Crippen molar-refractivity contribution in [2.45, 2.75) is 110 Å². The van der Waals surface area contributed by atoms with Crippen LogP contribution in [-0.4, -0.2) is 92.7 Å². The lowest BCUT2D eigenvalue weighted by Crippen LogP contribution is -2.48. The van der Waals surface area contributed by atoms with Gasteiger partial charge in [-0.15, -0.1) is 10.2 Å². The molecule has 60 heavy (non-hydrogen) atoms. The van der Waals surface area contributed by atoms with E-state index in [4.69, 9.17) is 4.74 Å². The maximum atomic E-state index is 15.1. The number of halogens is 1. The highest BCUT2D eigenvalue weighted by molar-refractivity contribution is 5.98. The zero-order valence-corrected chi connectivity index (χ0v) is 35.4. The number of ether oxygens (including phenoxy) is 1. The number of carbonyl (C=O) groups is 4. The molecular weight excluding hydrogens is 766 g/mol. The van der Waals surface area contributed by atoms with Gasteiger partial charge in [0.05, 0.1) is 5.56 Å². The third-order valence-electron chi connectivity index (χ3n) is 11.4. The molecule has 2 heterocycles. The average Bonchev–Trinajstić information content (AvgIpc) is 3.75. The number of piperidine rings is 1. The molecular formula is C45H58FN9O5. The quantitative estimate of drug-likeness (QED) is 0.0995. The highest BCUT2D eigenvalue weighted by Gasteiger charge is 2.31. The molecule has 2 aliphatic rings. The Balaban J connectivity index is 1.10. The van der Waals surface area contributed by atoms with E-state index in [0.717, 1.165) is 61.0 Å². The van der Waals surface area contributed by atoms with Gasteiger partial charge in [-0.1, -0.05) is 30.3 Å². The molecule has 14 nitrogen and oxygen atoms in total. The Morgan fingerprint density at radius 2 is 1.62 bits per heavy atom. The Bertz CT molecular complexity index is 2100. The fourth-order valence-corrected chi connectivity index (χ4v) is 7.96. The van der Waals surface area contributed by atoms with Crippen molar-refractivity contribution < 1.29 is 28.3 Å². The van der Waals surface area contributed by atoms with Crippen molar-refractivity contribution in [2.75, 3.05) is 25.0 Å². The standard InChI is InChI=1S/C45H58FN9O5/c1-27(2)55-21-19-34(20-22-55)48-42(57)33-15-17-36(28(3)23-33)31-11-7-29(8-12-31)24-39(43(58)49-35-16-18-37(38(46)25-35)40-51-53-54-52-40)50-41(56)32-13-9-30(10-14-32)26-47-44(59)60-45(4,5)6/h7-8,11-12,15-18,23,25,27,30,32,34,39H,9-10,13-14,19-22,24,26H2,1-6H3,(H,47,59)(H,48,57)(H,49,58)(H,50,56)(H,51,52,53,54)/t30?,32?,39-/m0/s1. The molecule has 1 saturated carbocycles. The minimum absolute atomic E-state index is 0.0664. The molecule has 1 aromatic heterocycles. The van der Waals surface area contributed by atoms with Gasteiger partial charge in [-0.25, -0.2) is 9.18 Å². The van der Waals surface area contributed by atoms with E-state index in [-0.39, 0.29) is 53.2 Å². The number of hydrogen-bond donors (Lipinski definition) is 5. The number of nitrogens with one attached hydrogen (secondary N) is 5. The second-order valence-corrected chi connectivity index (χ2v) is 17.4. The molecule has 6 rings (SSSR count). The van der Waals surface area contributed by atoms with Crippen molar-refractivity contribution in [2.24, 2.45) is 11.8 Å². The maximum absolute atomic E-state index is 15.1. The Kier molecular flexibility index (Phi) is 14.3. The van der Waals surface area contributed by atoms with Crippen LogP contribution in [0.5, 0.6) is 0 Å². The third-order valence-corrected chi connectivity index (χ3v) is 11.4. The number of benzene rings is 3. The summed E-state index contributed by atoms with van der Waals surface area (Å²) in [5, 5.41) is 25.3. The van der Waals surface area contributed by atoms with Gasteiger partial charge in [-0.2, -0.15) is 5.21 Å². The Labute approximate surface area is 351 Å². The first-order valence-electron chi connectivity index (χ1n) is 21.0. The van der Waals surface area contributed by atoms with Crippen LogP contribution in [0.3, 0.4) is 0 Å². The van der Waals surface area contributed by atoms with Crippen LogP contribution in [0.1, 0.15) is 94.6 Å². The monoisotopic (exact) mass is 823 g/mol. The van der Waals surface area contributed by atoms with E-state index in [1.807, 2.05) is 70.2 Å². The second kappa shape index (κ2) is 19.6. The average molecular weight is 824 g/mol. The predicted octanol–water partition coefficient (Wildman–Crippen LogP) is 6.58. The number of carbonyl (C=O) groups excluding carboxylic acids is 4. The van der Waals surface area contributed by atoms with E-state index in [0.29, 0.717) is 31.0 Å². The highest BCUT2D eigenvalue weighted by atomic mass is 19.1. The van der Waals surface area contributed by atoms with E-state index in [1.165, 1.54) is 12.1 Å². The first-order chi connectivity index (χ1) is 28.6. The summed E-state index contributed by atoms with van der Waals surface area (Å²) in [4.78, 5) is 55.4. The van der Waals surface area contributed by atoms with Gasteiger partial charge in [0, 0.05) is 55.3 Å². The number of alkyl carbamates (subject to hydrolysis) is 1. The minimum Gasteiger partial charge on any atom is -0.444 e. The number of aromatic nitrogens is 4. The first kappa shape index (κ1) is 43.9. The van der Waals surface area contributed by atoms with Gasteiger partial charge in [-0.3, -0.25) is 14.4 Å². The molecule has 1 atom stereocenters. The number of aromatic amines is 1. The molecule has 15 heteroatoms. The van der Waals surface area contributed by atoms with Gasteiger partial charge in [-0.05, 0) is 144 Å². The summed E-state index contributed by atoms with van der Waals surface area (Å²) < 4.78 is 20.4. The third kappa shape index (κ3) is 12.0. The first-order valence-corrected chi connectivity index (χ1v) is 21.0. The van der Waals surface area contributed by atoms with Crippen LogP contribution in [0.25, 0.3) is 22.5 Å². The predicted molar refractivity (Wildman–Crippen MR) is 227 cm³/mol. The zero-order chi connectivity index (χ0) is 43.0. The van der Waals surface area contributed by atoms with Crippen molar-refractivity contribution in [3.63, 3.8) is 0 Å². The number of anilines is 1. The molecule has 2 fully saturated rings. The summed E-state index contributed by atoms with van der Waals surface area (Å²) in [5.41, 5.74) is 4.07. The smallest absolute Gasteiger partial charge is 0.407 e. The van der Waals surface area contributed by atoms with E-state index in [2.05, 4.69) is 60.6 Å². The Hall–Kier alpha value is -5.70. The number of aryl methyl sites for hydroxylation is 1. The number of tetrazole rings is 1. The van der Waals surface area contributed by atoms with Crippen LogP contribution in [0.2, 0.25) is 0 Å². The van der Waals surface area contributed by atoms with Crippen molar-refractivity contribution >= 4 is 29.5 Å². The van der Waals surface area contributed by atoms with Gasteiger partial charge in [0.1, 0.15) is 17.5 Å². The van der Waals surface area contributed by atoms with Gasteiger partial charge in [0.2, 0.25) is 17.6 Å². The molecule has 0 radical (unpaired) electrons. The molecule has 4 amide bonds. The zero-order valence-electron chi connectivity index (χ0n) is 35.4. The number of hydrogen-bond acceptors (Lipinski definition) is 9. The molecule has 320 valence electrons. The fourth-order valence-electron chi connectivity index (χ4n) is 7.96. The van der Waals surface area contributed by atoms with Gasteiger partial charge < -0.3 is 30.9 Å². The lowest BCUT2D eigenvalue weighted by Gasteiger charge is -2.34. The lowest BCUT2D eigenvalue weighted by molar-refractivity contribution is -0.130. The molecule has 1 aliphatic carbocycles. The van der Waals surface area contributed by atoms with Crippen LogP contribution in [0.15, 0.2) is 60.7 Å². The molecule has 0 spiro atoms. The van der Waals surface area contributed by atoms with Crippen molar-refractivity contribution in [3.05, 3.63) is 83.2 Å². The summed E-state index contributed by atoms with van der Waals surface area (Å²) in [6.45, 7) is 14.2. The van der Waals surface area contributed by atoms with Crippen LogP contribution < -0.4 is 21.3 Å². The molecule has 4 aromatic rings. The number of rotatable bonds is 13. The molecule has 0 bridgehead atoms. The van der Waals surface area contributed by atoms with Crippen molar-refractivity contribution in [1.29, 1.82) is 0 Å². The highest BCUT2D eigenvalue weighted by Crippen LogP contribution is 2.30. The van der Waals surface area contributed by atoms with Crippen LogP contribution >= 0.6 is 0 Å². The second-order valence-electron chi connectivity index (χ2n) is 17.4. The van der Waals surface area contributed by atoms with E-state index < -0.39 is 29.5 Å². The van der Waals surface area contributed by atoms with E-state index >= 15 is 4.39 Å². The SMILES string of the molecule is Cc1cc(C(=O)NC2CCN(C(C)C)CC2)ccc1-c1ccc(C[C@H](NC(=O)C2CCC(CNC(=O)OC(C)(C)C)CC2)C(=O)Nc2ccc(-c3nn[nH]n3)c(F)c2)cc1. The molecule has 1 aliphatic heterocycles. The summed E-state index contributed by atoms with van der Waals surface area (Å²) in [6.07, 6.45) is 4.28. The Morgan fingerprint density at radius 1 is 0.917 bits per heavy atom. The topological polar surface area (TPSA) is 183 Å². The lowest BCUT2D eigenvalue weighted by atomic mass is 9.81. The number of likely N-dealkylation sites (tertiary alicyclic amines) is 1. The summed E-state index contributed by atoms with van der Waals surface area (Å²) in [5.74, 6) is -1.45. The van der Waals surface area contributed by atoms with Gasteiger partial charge in [0.25, 0.3) is 5.91 Å². The summed E-state index contributed by atoms with van der Waals surface area (Å²) in [7, 11) is 0. The number of amides is 4. The number of H-pyrrole nitrogens is 1. The van der Waals surface area contributed by atoms with E-state index in [1.54, 1.807) is 6.07 Å². The molecule has 5 N–H and O–H groups in total.